The molecule has 1 rings (SSSR count). The Bertz CT molecular complexity index is 195. The van der Waals surface area contributed by atoms with E-state index in [-0.39, 0.29) is 5.60 Å². The molecule has 1 aliphatic carbocycles. The Morgan fingerprint density at radius 1 is 1.19 bits per heavy atom. The summed E-state index contributed by atoms with van der Waals surface area (Å²) in [4.78, 5) is 0. The number of rotatable bonds is 8. The van der Waals surface area contributed by atoms with Gasteiger partial charge in [0.05, 0.1) is 12.2 Å². The Kier molecular flexibility index (Phi) is 5.22. The summed E-state index contributed by atoms with van der Waals surface area (Å²) in [5.41, 5.74) is 0.521. The Morgan fingerprint density at radius 2 is 1.88 bits per heavy atom. The second-order valence-electron chi connectivity index (χ2n) is 5.88. The molecule has 0 radical (unpaired) electrons. The fourth-order valence-corrected chi connectivity index (χ4v) is 1.79. The van der Waals surface area contributed by atoms with Gasteiger partial charge in [-0.05, 0) is 45.4 Å². The van der Waals surface area contributed by atoms with Crippen LogP contribution >= 0.6 is 0 Å². The number of hydrogen-bond donors (Lipinski definition) is 1. The molecule has 0 spiro atoms. The third-order valence-corrected chi connectivity index (χ3v) is 3.11. The summed E-state index contributed by atoms with van der Waals surface area (Å²) >= 11 is 0. The molecule has 16 heavy (non-hydrogen) atoms. The molecule has 3 nitrogen and oxygen atoms in total. The van der Waals surface area contributed by atoms with Crippen molar-refractivity contribution in [2.75, 3.05) is 33.4 Å². The average Bonchev–Trinajstić information content (AvgIpc) is 2.94. The van der Waals surface area contributed by atoms with Gasteiger partial charge in [-0.25, -0.2) is 0 Å². The minimum atomic E-state index is -0.0189. The van der Waals surface area contributed by atoms with Crippen LogP contribution in [-0.4, -0.2) is 39.0 Å². The number of methoxy groups -OCH3 is 1. The van der Waals surface area contributed by atoms with Crippen molar-refractivity contribution in [2.24, 2.45) is 5.41 Å². The van der Waals surface area contributed by atoms with Crippen LogP contribution in [0.5, 0.6) is 0 Å². The summed E-state index contributed by atoms with van der Waals surface area (Å²) in [7, 11) is 1.78. The van der Waals surface area contributed by atoms with Crippen LogP contribution in [0.15, 0.2) is 0 Å². The molecule has 0 aromatic carbocycles. The van der Waals surface area contributed by atoms with E-state index in [4.69, 9.17) is 9.47 Å². The van der Waals surface area contributed by atoms with Gasteiger partial charge in [0, 0.05) is 26.8 Å². The van der Waals surface area contributed by atoms with Crippen LogP contribution in [0.25, 0.3) is 0 Å². The molecule has 1 fully saturated rings. The molecular formula is C13H27NO2. The monoisotopic (exact) mass is 229 g/mol. The first kappa shape index (κ1) is 13.9. The molecule has 0 aromatic rings. The smallest absolute Gasteiger partial charge is 0.0599 e. The maximum atomic E-state index is 5.66. The summed E-state index contributed by atoms with van der Waals surface area (Å²) in [6, 6.07) is 0. The van der Waals surface area contributed by atoms with E-state index < -0.39 is 0 Å². The van der Waals surface area contributed by atoms with Crippen LogP contribution in [0.1, 0.15) is 40.0 Å². The molecule has 0 saturated heterocycles. The Labute approximate surface area is 99.9 Å². The minimum absolute atomic E-state index is 0.0189. The molecule has 96 valence electrons. The molecule has 0 aliphatic heterocycles. The van der Waals surface area contributed by atoms with E-state index in [0.29, 0.717) is 5.41 Å². The van der Waals surface area contributed by atoms with E-state index in [1.165, 1.54) is 19.3 Å². The predicted molar refractivity (Wildman–Crippen MR) is 66.7 cm³/mol. The topological polar surface area (TPSA) is 30.5 Å². The van der Waals surface area contributed by atoms with E-state index in [1.54, 1.807) is 7.11 Å². The predicted octanol–water partition coefficient (Wildman–Crippen LogP) is 2.21. The van der Waals surface area contributed by atoms with Crippen molar-refractivity contribution in [3.8, 4) is 0 Å². The summed E-state index contributed by atoms with van der Waals surface area (Å²) in [5.74, 6) is 0. The zero-order valence-corrected chi connectivity index (χ0v) is 11.3. The molecule has 0 amide bonds. The fraction of sp³-hybridized carbons (Fsp3) is 1.00. The zero-order chi connectivity index (χ0) is 12.1. The maximum absolute atomic E-state index is 5.66. The van der Waals surface area contributed by atoms with Crippen molar-refractivity contribution in [1.82, 2.24) is 5.32 Å². The Hall–Kier alpha value is -0.120. The van der Waals surface area contributed by atoms with Gasteiger partial charge in [-0.2, -0.15) is 0 Å². The second-order valence-corrected chi connectivity index (χ2v) is 5.88. The lowest BCUT2D eigenvalue weighted by molar-refractivity contribution is -0.00118. The van der Waals surface area contributed by atoms with Crippen LogP contribution in [-0.2, 0) is 9.47 Å². The number of hydrogen-bond acceptors (Lipinski definition) is 3. The number of nitrogens with one attached hydrogen (secondary N) is 1. The molecule has 1 aliphatic rings. The van der Waals surface area contributed by atoms with E-state index >= 15 is 0 Å². The number of ether oxygens (including phenoxy) is 2. The lowest BCUT2D eigenvalue weighted by atomic mass is 10.0. The largest absolute Gasteiger partial charge is 0.385 e. The molecule has 0 unspecified atom stereocenters. The maximum Gasteiger partial charge on any atom is 0.0599 e. The normalized spacial score (nSPS) is 18.8. The third kappa shape index (κ3) is 5.83. The van der Waals surface area contributed by atoms with Gasteiger partial charge < -0.3 is 14.8 Å². The summed E-state index contributed by atoms with van der Waals surface area (Å²) < 4.78 is 10.8. The highest BCUT2D eigenvalue weighted by Crippen LogP contribution is 2.48. The third-order valence-electron chi connectivity index (χ3n) is 3.11. The van der Waals surface area contributed by atoms with Crippen LogP contribution in [0.4, 0.5) is 0 Å². The molecule has 3 heteroatoms. The van der Waals surface area contributed by atoms with Crippen molar-refractivity contribution in [2.45, 2.75) is 45.6 Å². The highest BCUT2D eigenvalue weighted by Gasteiger charge is 2.41. The van der Waals surface area contributed by atoms with Gasteiger partial charge in [-0.15, -0.1) is 0 Å². The van der Waals surface area contributed by atoms with Crippen molar-refractivity contribution >= 4 is 0 Å². The van der Waals surface area contributed by atoms with E-state index in [1.807, 2.05) is 0 Å². The van der Waals surface area contributed by atoms with Crippen molar-refractivity contribution in [3.05, 3.63) is 0 Å². The van der Waals surface area contributed by atoms with Gasteiger partial charge in [0.2, 0.25) is 0 Å². The molecule has 1 N–H and O–H groups in total. The lowest BCUT2D eigenvalue weighted by Gasteiger charge is -2.20. The average molecular weight is 229 g/mol. The second kappa shape index (κ2) is 5.99. The molecule has 0 heterocycles. The molecular weight excluding hydrogens is 202 g/mol. The standard InChI is InChI=1S/C13H27NO2/c1-12(2,3)16-10-8-14-11-13(5-6-13)7-9-15-4/h14H,5-11H2,1-4H3. The van der Waals surface area contributed by atoms with Gasteiger partial charge >= 0.3 is 0 Å². The van der Waals surface area contributed by atoms with Gasteiger partial charge in [0.1, 0.15) is 0 Å². The van der Waals surface area contributed by atoms with Gasteiger partial charge in [0.25, 0.3) is 0 Å². The first-order valence-electron chi connectivity index (χ1n) is 6.31. The van der Waals surface area contributed by atoms with Crippen LogP contribution in [0.3, 0.4) is 0 Å². The van der Waals surface area contributed by atoms with Crippen molar-refractivity contribution in [1.29, 1.82) is 0 Å². The Morgan fingerprint density at radius 3 is 2.38 bits per heavy atom. The van der Waals surface area contributed by atoms with Crippen molar-refractivity contribution in [3.63, 3.8) is 0 Å². The summed E-state index contributed by atoms with van der Waals surface area (Å²) in [6.07, 6.45) is 3.89. The quantitative estimate of drug-likeness (QED) is 0.647. The first-order valence-corrected chi connectivity index (χ1v) is 6.31. The highest BCUT2D eigenvalue weighted by molar-refractivity contribution is 4.94. The lowest BCUT2D eigenvalue weighted by Crippen LogP contribution is -2.30. The molecule has 0 aromatic heterocycles. The van der Waals surface area contributed by atoms with Gasteiger partial charge in [0.15, 0.2) is 0 Å². The van der Waals surface area contributed by atoms with Crippen LogP contribution < -0.4 is 5.32 Å². The Balaban J connectivity index is 1.99. The van der Waals surface area contributed by atoms with Crippen LogP contribution in [0.2, 0.25) is 0 Å². The zero-order valence-electron chi connectivity index (χ0n) is 11.3. The van der Waals surface area contributed by atoms with Crippen molar-refractivity contribution < 1.29 is 9.47 Å². The highest BCUT2D eigenvalue weighted by atomic mass is 16.5. The summed E-state index contributed by atoms with van der Waals surface area (Å²) in [6.45, 7) is 10.0. The van der Waals surface area contributed by atoms with E-state index in [0.717, 1.165) is 26.3 Å². The molecule has 0 atom stereocenters. The molecule has 1 saturated carbocycles. The van der Waals surface area contributed by atoms with E-state index in [9.17, 15) is 0 Å². The summed E-state index contributed by atoms with van der Waals surface area (Å²) in [5, 5.41) is 3.49. The van der Waals surface area contributed by atoms with Gasteiger partial charge in [-0.1, -0.05) is 0 Å². The van der Waals surface area contributed by atoms with Gasteiger partial charge in [-0.3, -0.25) is 0 Å². The SMILES string of the molecule is COCCC1(CNCCOC(C)(C)C)CC1. The fourth-order valence-electron chi connectivity index (χ4n) is 1.79. The van der Waals surface area contributed by atoms with Crippen LogP contribution in [0, 0.1) is 5.41 Å². The first-order chi connectivity index (χ1) is 7.47. The molecule has 0 bridgehead atoms. The van der Waals surface area contributed by atoms with E-state index in [2.05, 4.69) is 26.1 Å². The minimum Gasteiger partial charge on any atom is -0.385 e.